The highest BCUT2D eigenvalue weighted by molar-refractivity contribution is 6.32. The van der Waals surface area contributed by atoms with Crippen LogP contribution in [0.4, 0.5) is 11.4 Å². The quantitative estimate of drug-likeness (QED) is 0.520. The molecule has 3 aromatic rings. The van der Waals surface area contributed by atoms with Crippen LogP contribution in [0.2, 0.25) is 5.02 Å². The highest BCUT2D eigenvalue weighted by atomic mass is 35.5. The molecule has 0 spiro atoms. The van der Waals surface area contributed by atoms with Crippen molar-refractivity contribution in [3.8, 4) is 5.75 Å². The first-order valence-corrected chi connectivity index (χ1v) is 9.21. The van der Waals surface area contributed by atoms with Crippen LogP contribution in [-0.2, 0) is 11.3 Å². The van der Waals surface area contributed by atoms with Gasteiger partial charge in [-0.15, -0.1) is 0 Å². The fourth-order valence-corrected chi connectivity index (χ4v) is 2.81. The first-order valence-electron chi connectivity index (χ1n) is 8.83. The second-order valence-electron chi connectivity index (χ2n) is 6.09. The number of hydrogen-bond acceptors (Lipinski definition) is 5. The van der Waals surface area contributed by atoms with Crippen LogP contribution >= 0.6 is 11.6 Å². The molecule has 3 rings (SSSR count). The standard InChI is InChI=1S/C21H20ClN3O4/c1-28-19-9-8-16(11-18(19)22)23-13-20(26)25-15-6-4-14(5-7-15)21(27)24-12-17-3-2-10-29-17/h2-11,23H,12-13H2,1H3,(H,24,27)(H,25,26). The summed E-state index contributed by atoms with van der Waals surface area (Å²) in [5.74, 6) is 0.784. The molecule has 0 bridgehead atoms. The number of halogens is 1. The Balaban J connectivity index is 1.48. The van der Waals surface area contributed by atoms with Crippen molar-refractivity contribution in [1.82, 2.24) is 5.32 Å². The van der Waals surface area contributed by atoms with Crippen molar-refractivity contribution in [3.05, 3.63) is 77.2 Å². The highest BCUT2D eigenvalue weighted by Gasteiger charge is 2.08. The summed E-state index contributed by atoms with van der Waals surface area (Å²) < 4.78 is 10.3. The highest BCUT2D eigenvalue weighted by Crippen LogP contribution is 2.27. The minimum Gasteiger partial charge on any atom is -0.495 e. The maximum Gasteiger partial charge on any atom is 0.251 e. The average molecular weight is 414 g/mol. The van der Waals surface area contributed by atoms with Gasteiger partial charge in [-0.1, -0.05) is 11.6 Å². The van der Waals surface area contributed by atoms with Crippen LogP contribution in [-0.4, -0.2) is 25.5 Å². The predicted octanol–water partition coefficient (Wildman–Crippen LogP) is 3.92. The Morgan fingerprint density at radius 2 is 1.83 bits per heavy atom. The molecule has 150 valence electrons. The van der Waals surface area contributed by atoms with E-state index in [1.807, 2.05) is 0 Å². The predicted molar refractivity (Wildman–Crippen MR) is 111 cm³/mol. The third kappa shape index (κ3) is 5.76. The summed E-state index contributed by atoms with van der Waals surface area (Å²) in [7, 11) is 1.54. The van der Waals surface area contributed by atoms with Gasteiger partial charge in [-0.3, -0.25) is 9.59 Å². The van der Waals surface area contributed by atoms with Crippen molar-refractivity contribution in [3.63, 3.8) is 0 Å². The van der Waals surface area contributed by atoms with Gasteiger partial charge in [-0.25, -0.2) is 0 Å². The lowest BCUT2D eigenvalue weighted by Gasteiger charge is -2.10. The van der Waals surface area contributed by atoms with Crippen LogP contribution in [0.5, 0.6) is 5.75 Å². The van der Waals surface area contributed by atoms with E-state index >= 15 is 0 Å². The molecular weight excluding hydrogens is 394 g/mol. The van der Waals surface area contributed by atoms with Gasteiger partial charge in [0.1, 0.15) is 11.5 Å². The van der Waals surface area contributed by atoms with E-state index in [2.05, 4.69) is 16.0 Å². The van der Waals surface area contributed by atoms with E-state index < -0.39 is 0 Å². The van der Waals surface area contributed by atoms with Gasteiger partial charge in [0.25, 0.3) is 5.91 Å². The maximum absolute atomic E-state index is 12.1. The summed E-state index contributed by atoms with van der Waals surface area (Å²) in [6.07, 6.45) is 1.55. The summed E-state index contributed by atoms with van der Waals surface area (Å²) >= 11 is 6.06. The van der Waals surface area contributed by atoms with Gasteiger partial charge in [0.05, 0.1) is 31.5 Å². The molecule has 1 heterocycles. The van der Waals surface area contributed by atoms with Crippen LogP contribution < -0.4 is 20.7 Å². The fourth-order valence-electron chi connectivity index (χ4n) is 2.55. The van der Waals surface area contributed by atoms with Crippen molar-refractivity contribution >= 4 is 34.8 Å². The van der Waals surface area contributed by atoms with Gasteiger partial charge in [0.2, 0.25) is 5.91 Å². The Labute approximate surface area is 173 Å². The molecule has 2 aromatic carbocycles. The van der Waals surface area contributed by atoms with E-state index in [1.54, 1.807) is 60.9 Å². The minimum absolute atomic E-state index is 0.0635. The molecule has 0 radical (unpaired) electrons. The number of nitrogens with one attached hydrogen (secondary N) is 3. The van der Waals surface area contributed by atoms with Crippen LogP contribution in [0.15, 0.2) is 65.3 Å². The van der Waals surface area contributed by atoms with Gasteiger partial charge in [0, 0.05) is 16.9 Å². The Bertz CT molecular complexity index is 972. The lowest BCUT2D eigenvalue weighted by Crippen LogP contribution is -2.23. The molecule has 0 aliphatic carbocycles. The molecule has 0 saturated carbocycles. The number of rotatable bonds is 8. The lowest BCUT2D eigenvalue weighted by atomic mass is 10.2. The fraction of sp³-hybridized carbons (Fsp3) is 0.143. The third-order valence-electron chi connectivity index (χ3n) is 4.04. The number of anilines is 2. The summed E-state index contributed by atoms with van der Waals surface area (Å²) in [5, 5.41) is 8.98. The van der Waals surface area contributed by atoms with Crippen LogP contribution in [0.25, 0.3) is 0 Å². The summed E-state index contributed by atoms with van der Waals surface area (Å²) in [6, 6.07) is 15.3. The van der Waals surface area contributed by atoms with E-state index in [4.69, 9.17) is 20.8 Å². The molecule has 0 unspecified atom stereocenters. The van der Waals surface area contributed by atoms with Crippen molar-refractivity contribution in [2.24, 2.45) is 0 Å². The number of hydrogen-bond donors (Lipinski definition) is 3. The Morgan fingerprint density at radius 3 is 2.48 bits per heavy atom. The second-order valence-corrected chi connectivity index (χ2v) is 6.50. The molecule has 0 aliphatic rings. The maximum atomic E-state index is 12.1. The molecule has 2 amide bonds. The summed E-state index contributed by atoms with van der Waals surface area (Å²) in [6.45, 7) is 0.374. The zero-order chi connectivity index (χ0) is 20.6. The Morgan fingerprint density at radius 1 is 1.07 bits per heavy atom. The molecule has 29 heavy (non-hydrogen) atoms. The van der Waals surface area contributed by atoms with Crippen LogP contribution in [0.1, 0.15) is 16.1 Å². The molecule has 0 atom stereocenters. The average Bonchev–Trinajstić information content (AvgIpc) is 3.25. The Kier molecular flexibility index (Phi) is 6.76. The zero-order valence-corrected chi connectivity index (χ0v) is 16.5. The number of benzene rings is 2. The van der Waals surface area contributed by atoms with Crippen LogP contribution in [0.3, 0.4) is 0 Å². The zero-order valence-electron chi connectivity index (χ0n) is 15.7. The van der Waals surface area contributed by atoms with E-state index in [-0.39, 0.29) is 18.4 Å². The van der Waals surface area contributed by atoms with Gasteiger partial charge >= 0.3 is 0 Å². The minimum atomic E-state index is -0.230. The first kappa shape index (κ1) is 20.3. The summed E-state index contributed by atoms with van der Waals surface area (Å²) in [5.41, 5.74) is 1.78. The molecule has 3 N–H and O–H groups in total. The molecule has 7 nitrogen and oxygen atoms in total. The van der Waals surface area contributed by atoms with Gasteiger partial charge < -0.3 is 25.1 Å². The van der Waals surface area contributed by atoms with Gasteiger partial charge in [0.15, 0.2) is 0 Å². The third-order valence-corrected chi connectivity index (χ3v) is 4.33. The Hall–Kier alpha value is -3.45. The van der Waals surface area contributed by atoms with E-state index in [1.165, 1.54) is 7.11 Å². The number of methoxy groups -OCH3 is 1. The molecule has 0 saturated heterocycles. The number of ether oxygens (including phenoxy) is 1. The number of carbonyl (C=O) groups excluding carboxylic acids is 2. The van der Waals surface area contributed by atoms with Crippen molar-refractivity contribution in [2.45, 2.75) is 6.54 Å². The van der Waals surface area contributed by atoms with E-state index in [0.717, 1.165) is 0 Å². The number of carbonyl (C=O) groups is 2. The molecule has 8 heteroatoms. The molecule has 0 aliphatic heterocycles. The van der Waals surface area contributed by atoms with Gasteiger partial charge in [-0.2, -0.15) is 0 Å². The number of amides is 2. The first-order chi connectivity index (χ1) is 14.0. The smallest absolute Gasteiger partial charge is 0.251 e. The molecule has 0 fully saturated rings. The lowest BCUT2D eigenvalue weighted by molar-refractivity contribution is -0.114. The van der Waals surface area contributed by atoms with Crippen LogP contribution in [0, 0.1) is 0 Å². The summed E-state index contributed by atoms with van der Waals surface area (Å²) in [4.78, 5) is 24.3. The van der Waals surface area contributed by atoms with E-state index in [9.17, 15) is 9.59 Å². The van der Waals surface area contributed by atoms with Crippen molar-refractivity contribution in [1.29, 1.82) is 0 Å². The van der Waals surface area contributed by atoms with Crippen molar-refractivity contribution in [2.75, 3.05) is 24.3 Å². The van der Waals surface area contributed by atoms with E-state index in [0.29, 0.717) is 40.0 Å². The SMILES string of the molecule is COc1ccc(NCC(=O)Nc2ccc(C(=O)NCc3ccco3)cc2)cc1Cl. The topological polar surface area (TPSA) is 92.6 Å². The second kappa shape index (κ2) is 9.66. The number of furan rings is 1. The monoisotopic (exact) mass is 413 g/mol. The largest absolute Gasteiger partial charge is 0.495 e. The normalized spacial score (nSPS) is 10.3. The van der Waals surface area contributed by atoms with Gasteiger partial charge in [-0.05, 0) is 54.6 Å². The van der Waals surface area contributed by atoms with Crippen molar-refractivity contribution < 1.29 is 18.7 Å². The molecule has 1 aromatic heterocycles. The molecular formula is C21H20ClN3O4.